The average Bonchev–Trinajstić information content (AvgIpc) is 3.40. The number of ether oxygens (including phenoxy) is 1. The number of hydrogen-bond acceptors (Lipinski definition) is 5. The van der Waals surface area contributed by atoms with Crippen LogP contribution in [-0.2, 0) is 14.3 Å². The lowest BCUT2D eigenvalue weighted by Crippen LogP contribution is -2.45. The molecule has 0 aliphatic heterocycles. The van der Waals surface area contributed by atoms with Gasteiger partial charge >= 0.3 is 5.97 Å². The first-order valence-corrected chi connectivity index (χ1v) is 33.6. The summed E-state index contributed by atoms with van der Waals surface area (Å²) in [5.74, 6) is -0.0251. The summed E-state index contributed by atoms with van der Waals surface area (Å²) in [5.41, 5.74) is 0. The highest BCUT2D eigenvalue weighted by Crippen LogP contribution is 2.18. The Labute approximate surface area is 462 Å². The van der Waals surface area contributed by atoms with Gasteiger partial charge in [-0.05, 0) is 77.0 Å². The van der Waals surface area contributed by atoms with Gasteiger partial charge in [-0.15, -0.1) is 0 Å². The van der Waals surface area contributed by atoms with E-state index in [1.807, 2.05) is 0 Å². The fraction of sp³-hybridized carbons (Fsp3) is 0.912. The second-order valence-electron chi connectivity index (χ2n) is 23.1. The van der Waals surface area contributed by atoms with Crippen molar-refractivity contribution >= 4 is 11.9 Å². The first kappa shape index (κ1) is 72.3. The summed E-state index contributed by atoms with van der Waals surface area (Å²) in [5, 5.41) is 23.3. The third-order valence-corrected chi connectivity index (χ3v) is 15.7. The van der Waals surface area contributed by atoms with Crippen molar-refractivity contribution in [2.45, 2.75) is 386 Å². The summed E-state index contributed by atoms with van der Waals surface area (Å²) >= 11 is 0. The van der Waals surface area contributed by atoms with Crippen LogP contribution in [-0.4, -0.2) is 47.4 Å². The van der Waals surface area contributed by atoms with Crippen LogP contribution in [0.2, 0.25) is 0 Å². The molecule has 438 valence electrons. The van der Waals surface area contributed by atoms with Gasteiger partial charge in [-0.2, -0.15) is 0 Å². The maximum atomic E-state index is 12.5. The van der Waals surface area contributed by atoms with Gasteiger partial charge in [0.2, 0.25) is 5.91 Å². The van der Waals surface area contributed by atoms with E-state index in [1.165, 1.54) is 295 Å². The van der Waals surface area contributed by atoms with Crippen molar-refractivity contribution in [3.05, 3.63) is 24.3 Å². The zero-order chi connectivity index (χ0) is 53.6. The number of unbranched alkanes of at least 4 members (excludes halogenated alkanes) is 48. The third-order valence-electron chi connectivity index (χ3n) is 15.7. The van der Waals surface area contributed by atoms with E-state index in [0.717, 1.165) is 44.9 Å². The number of esters is 1. The first-order chi connectivity index (χ1) is 36.5. The Kier molecular flexibility index (Phi) is 62.4. The summed E-state index contributed by atoms with van der Waals surface area (Å²) in [6, 6.07) is -0.541. The molecule has 0 bridgehead atoms. The van der Waals surface area contributed by atoms with Crippen LogP contribution in [0.5, 0.6) is 0 Å². The Hall–Kier alpha value is -1.66. The standard InChI is InChI=1S/C68H131NO5/c1-3-5-7-9-11-13-15-17-18-33-37-40-44-48-52-56-60-66(71)65(64-70)69-67(72)61-57-53-49-45-41-38-34-31-29-27-25-23-21-19-20-22-24-26-28-30-32-35-39-43-47-51-55-59-63-74-68(73)62-58-54-50-46-42-36-16-14-12-10-8-6-4-2/h14,16,19-20,65-66,70-71H,3-13,15,17-18,21-64H2,1-2H3,(H,69,72)/b16-14-,20-19-. The number of aliphatic hydroxyl groups excluding tert-OH is 2. The predicted molar refractivity (Wildman–Crippen MR) is 324 cm³/mol. The van der Waals surface area contributed by atoms with Gasteiger partial charge in [-0.25, -0.2) is 0 Å². The van der Waals surface area contributed by atoms with E-state index in [4.69, 9.17) is 4.74 Å². The van der Waals surface area contributed by atoms with Gasteiger partial charge in [0.05, 0.1) is 25.4 Å². The lowest BCUT2D eigenvalue weighted by atomic mass is 10.0. The second-order valence-corrected chi connectivity index (χ2v) is 23.1. The Morgan fingerprint density at radius 3 is 0.973 bits per heavy atom. The molecule has 0 aromatic rings. The quantitative estimate of drug-likeness (QED) is 0.0320. The monoisotopic (exact) mass is 1040 g/mol. The molecule has 0 aromatic carbocycles. The average molecular weight is 1040 g/mol. The van der Waals surface area contributed by atoms with Crippen molar-refractivity contribution < 1.29 is 24.5 Å². The van der Waals surface area contributed by atoms with Crippen molar-refractivity contribution in [2.24, 2.45) is 0 Å². The number of carbonyl (C=O) groups is 2. The third kappa shape index (κ3) is 59.6. The molecule has 0 saturated carbocycles. The molecule has 74 heavy (non-hydrogen) atoms. The fourth-order valence-corrected chi connectivity index (χ4v) is 10.6. The van der Waals surface area contributed by atoms with E-state index >= 15 is 0 Å². The van der Waals surface area contributed by atoms with Crippen LogP contribution < -0.4 is 5.32 Å². The molecule has 0 radical (unpaired) electrons. The Balaban J connectivity index is 3.37. The van der Waals surface area contributed by atoms with E-state index in [-0.39, 0.29) is 18.5 Å². The molecule has 0 saturated heterocycles. The van der Waals surface area contributed by atoms with Crippen molar-refractivity contribution in [1.29, 1.82) is 0 Å². The summed E-state index contributed by atoms with van der Waals surface area (Å²) in [7, 11) is 0. The molecule has 2 unspecified atom stereocenters. The molecule has 6 heteroatoms. The second kappa shape index (κ2) is 63.9. The molecular weight excluding hydrogens is 911 g/mol. The number of aliphatic hydroxyl groups is 2. The van der Waals surface area contributed by atoms with Crippen molar-refractivity contribution in [3.8, 4) is 0 Å². The molecule has 0 heterocycles. The smallest absolute Gasteiger partial charge is 0.305 e. The molecule has 6 nitrogen and oxygen atoms in total. The van der Waals surface area contributed by atoms with E-state index < -0.39 is 12.1 Å². The fourth-order valence-electron chi connectivity index (χ4n) is 10.6. The minimum absolute atomic E-state index is 0.00702. The van der Waals surface area contributed by atoms with Crippen molar-refractivity contribution in [2.75, 3.05) is 13.2 Å². The van der Waals surface area contributed by atoms with Crippen LogP contribution in [0.4, 0.5) is 0 Å². The predicted octanol–water partition coefficient (Wildman–Crippen LogP) is 21.4. The number of rotatable bonds is 63. The highest BCUT2D eigenvalue weighted by atomic mass is 16.5. The topological polar surface area (TPSA) is 95.9 Å². The van der Waals surface area contributed by atoms with Crippen LogP contribution in [0.15, 0.2) is 24.3 Å². The zero-order valence-electron chi connectivity index (χ0n) is 50.1. The Morgan fingerprint density at radius 1 is 0.365 bits per heavy atom. The van der Waals surface area contributed by atoms with Gasteiger partial charge in [0.25, 0.3) is 0 Å². The Morgan fingerprint density at radius 2 is 0.635 bits per heavy atom. The first-order valence-electron chi connectivity index (χ1n) is 33.6. The largest absolute Gasteiger partial charge is 0.466 e. The molecule has 2 atom stereocenters. The van der Waals surface area contributed by atoms with Crippen LogP contribution in [0.1, 0.15) is 373 Å². The highest BCUT2D eigenvalue weighted by molar-refractivity contribution is 5.76. The van der Waals surface area contributed by atoms with E-state index in [0.29, 0.717) is 25.9 Å². The van der Waals surface area contributed by atoms with Crippen molar-refractivity contribution in [3.63, 3.8) is 0 Å². The van der Waals surface area contributed by atoms with Gasteiger partial charge in [0, 0.05) is 12.8 Å². The maximum Gasteiger partial charge on any atom is 0.305 e. The molecule has 0 rings (SSSR count). The van der Waals surface area contributed by atoms with Crippen LogP contribution in [0.25, 0.3) is 0 Å². The van der Waals surface area contributed by atoms with E-state index in [2.05, 4.69) is 43.5 Å². The van der Waals surface area contributed by atoms with E-state index in [1.54, 1.807) is 0 Å². The number of allylic oxidation sites excluding steroid dienone is 4. The summed E-state index contributed by atoms with van der Waals surface area (Å²) < 4.78 is 5.48. The highest BCUT2D eigenvalue weighted by Gasteiger charge is 2.20. The zero-order valence-corrected chi connectivity index (χ0v) is 50.1. The number of hydrogen-bond donors (Lipinski definition) is 3. The van der Waals surface area contributed by atoms with Gasteiger partial charge in [0.15, 0.2) is 0 Å². The van der Waals surface area contributed by atoms with Crippen LogP contribution >= 0.6 is 0 Å². The normalized spacial score (nSPS) is 12.6. The van der Waals surface area contributed by atoms with Gasteiger partial charge in [0.1, 0.15) is 0 Å². The maximum absolute atomic E-state index is 12.5. The van der Waals surface area contributed by atoms with Gasteiger partial charge in [-0.3, -0.25) is 9.59 Å². The minimum Gasteiger partial charge on any atom is -0.466 e. The molecule has 0 fully saturated rings. The lowest BCUT2D eigenvalue weighted by Gasteiger charge is -2.22. The molecule has 0 aliphatic carbocycles. The van der Waals surface area contributed by atoms with Crippen molar-refractivity contribution in [1.82, 2.24) is 5.32 Å². The molecule has 0 aliphatic rings. The molecule has 1 amide bonds. The van der Waals surface area contributed by atoms with Crippen LogP contribution in [0, 0.1) is 0 Å². The SMILES string of the molecule is CCCCCC/C=C\CCCCCCCC(=O)OCCCCCCCCCCCCCC/C=C\CCCCCCCCCCCCCCC(=O)NC(CO)C(O)CCCCCCCCCCCCCCCCCC. The molecule has 0 spiro atoms. The van der Waals surface area contributed by atoms with Crippen LogP contribution in [0.3, 0.4) is 0 Å². The Bertz CT molecular complexity index is 1150. The summed E-state index contributed by atoms with van der Waals surface area (Å²) in [4.78, 5) is 24.5. The van der Waals surface area contributed by atoms with E-state index in [9.17, 15) is 19.8 Å². The number of nitrogens with one attached hydrogen (secondary N) is 1. The van der Waals surface area contributed by atoms with Gasteiger partial charge < -0.3 is 20.3 Å². The molecule has 3 N–H and O–H groups in total. The number of carbonyl (C=O) groups excluding carboxylic acids is 2. The lowest BCUT2D eigenvalue weighted by molar-refractivity contribution is -0.143. The summed E-state index contributed by atoms with van der Waals surface area (Å²) in [6.07, 6.45) is 79.3. The minimum atomic E-state index is -0.664. The summed E-state index contributed by atoms with van der Waals surface area (Å²) in [6.45, 7) is 4.96. The molecular formula is C68H131NO5. The van der Waals surface area contributed by atoms with Gasteiger partial charge in [-0.1, -0.05) is 308 Å². The molecule has 0 aromatic heterocycles. The number of amides is 1.